The Bertz CT molecular complexity index is 320. The lowest BCUT2D eigenvalue weighted by molar-refractivity contribution is 1.33. The van der Waals surface area contributed by atoms with Gasteiger partial charge < -0.3 is 4.98 Å². The zero-order valence-electron chi connectivity index (χ0n) is 5.01. The third kappa shape index (κ3) is 0.580. The van der Waals surface area contributed by atoms with Crippen molar-refractivity contribution in [2.75, 3.05) is 0 Å². The van der Waals surface area contributed by atoms with E-state index >= 15 is 0 Å². The van der Waals surface area contributed by atoms with E-state index in [4.69, 9.17) is 0 Å². The average molecular weight is 138 g/mol. The minimum Gasteiger partial charge on any atom is -0.359 e. The first-order valence-corrected chi connectivity index (χ1v) is 3.54. The zero-order chi connectivity index (χ0) is 6.27. The normalized spacial score (nSPS) is 10.8. The molecular formula is C6H6N2S. The second kappa shape index (κ2) is 1.57. The van der Waals surface area contributed by atoms with Crippen LogP contribution >= 0.6 is 11.5 Å². The minimum absolute atomic E-state index is 1.10. The Kier molecular flexibility index (Phi) is 0.873. The fraction of sp³-hybridized carbons (Fsp3) is 0.167. The van der Waals surface area contributed by atoms with Gasteiger partial charge in [-0.3, -0.25) is 0 Å². The highest BCUT2D eigenvalue weighted by atomic mass is 32.1. The number of aromatic amines is 1. The van der Waals surface area contributed by atoms with Crippen molar-refractivity contribution in [3.8, 4) is 0 Å². The molecule has 0 bridgehead atoms. The Morgan fingerprint density at radius 3 is 3.33 bits per heavy atom. The predicted molar refractivity (Wildman–Crippen MR) is 38.7 cm³/mol. The maximum atomic E-state index is 4.17. The quantitative estimate of drug-likeness (QED) is 0.592. The molecule has 2 aromatic heterocycles. The van der Waals surface area contributed by atoms with Gasteiger partial charge in [0, 0.05) is 6.20 Å². The van der Waals surface area contributed by atoms with Gasteiger partial charge in [0.15, 0.2) is 0 Å². The van der Waals surface area contributed by atoms with Crippen molar-refractivity contribution in [3.63, 3.8) is 0 Å². The average Bonchev–Trinajstić information content (AvgIpc) is 2.35. The molecule has 0 unspecified atom stereocenters. The van der Waals surface area contributed by atoms with Crippen LogP contribution < -0.4 is 0 Å². The van der Waals surface area contributed by atoms with Crippen LogP contribution in [0.3, 0.4) is 0 Å². The van der Waals surface area contributed by atoms with Crippen LogP contribution in [-0.2, 0) is 0 Å². The SMILES string of the molecule is Cc1nsc2cc[nH]c12. The largest absolute Gasteiger partial charge is 0.359 e. The predicted octanol–water partition coefficient (Wildman–Crippen LogP) is 1.93. The molecule has 0 saturated heterocycles. The number of aromatic nitrogens is 2. The van der Waals surface area contributed by atoms with Crippen LogP contribution in [0.5, 0.6) is 0 Å². The summed E-state index contributed by atoms with van der Waals surface area (Å²) in [5, 5.41) is 0. The Hall–Kier alpha value is -0.830. The van der Waals surface area contributed by atoms with Crippen molar-refractivity contribution in [2.24, 2.45) is 0 Å². The van der Waals surface area contributed by atoms with Crippen LogP contribution in [0.25, 0.3) is 10.2 Å². The molecule has 9 heavy (non-hydrogen) atoms. The van der Waals surface area contributed by atoms with Gasteiger partial charge >= 0.3 is 0 Å². The minimum atomic E-state index is 1.10. The highest BCUT2D eigenvalue weighted by molar-refractivity contribution is 7.13. The summed E-state index contributed by atoms with van der Waals surface area (Å²) in [6.45, 7) is 2.01. The van der Waals surface area contributed by atoms with E-state index < -0.39 is 0 Å². The van der Waals surface area contributed by atoms with Crippen LogP contribution in [0.4, 0.5) is 0 Å². The van der Waals surface area contributed by atoms with Gasteiger partial charge in [0.1, 0.15) is 0 Å². The third-order valence-electron chi connectivity index (χ3n) is 1.35. The molecule has 2 aromatic rings. The monoisotopic (exact) mass is 138 g/mol. The van der Waals surface area contributed by atoms with Crippen LogP contribution in [0, 0.1) is 6.92 Å². The summed E-state index contributed by atoms with van der Waals surface area (Å²) < 4.78 is 5.41. The van der Waals surface area contributed by atoms with E-state index in [0.29, 0.717) is 0 Å². The summed E-state index contributed by atoms with van der Waals surface area (Å²) in [6.07, 6.45) is 1.94. The van der Waals surface area contributed by atoms with Gasteiger partial charge in [-0.2, -0.15) is 4.37 Å². The molecule has 2 heterocycles. The van der Waals surface area contributed by atoms with E-state index in [2.05, 4.69) is 9.36 Å². The number of hydrogen-bond donors (Lipinski definition) is 1. The molecule has 0 aromatic carbocycles. The van der Waals surface area contributed by atoms with Gasteiger partial charge in [-0.15, -0.1) is 0 Å². The fourth-order valence-electron chi connectivity index (χ4n) is 0.877. The number of hydrogen-bond acceptors (Lipinski definition) is 2. The first-order chi connectivity index (χ1) is 4.38. The molecule has 2 rings (SSSR count). The molecule has 0 saturated carbocycles. The van der Waals surface area contributed by atoms with Crippen LogP contribution in [0.15, 0.2) is 12.3 Å². The number of nitrogens with zero attached hydrogens (tertiary/aromatic N) is 1. The Morgan fingerprint density at radius 1 is 1.67 bits per heavy atom. The van der Waals surface area contributed by atoms with Crippen molar-refractivity contribution in [1.82, 2.24) is 9.36 Å². The molecule has 0 spiro atoms. The zero-order valence-corrected chi connectivity index (χ0v) is 5.83. The summed E-state index contributed by atoms with van der Waals surface area (Å²) >= 11 is 1.54. The third-order valence-corrected chi connectivity index (χ3v) is 2.25. The number of nitrogens with one attached hydrogen (secondary N) is 1. The van der Waals surface area contributed by atoms with Gasteiger partial charge in [-0.1, -0.05) is 0 Å². The number of fused-ring (bicyclic) bond motifs is 1. The lowest BCUT2D eigenvalue weighted by Crippen LogP contribution is -1.67. The highest BCUT2D eigenvalue weighted by Gasteiger charge is 1.99. The topological polar surface area (TPSA) is 28.7 Å². The van der Waals surface area contributed by atoms with Gasteiger partial charge in [0.05, 0.1) is 15.9 Å². The Balaban J connectivity index is 2.99. The molecule has 0 atom stereocenters. The standard InChI is InChI=1S/C6H6N2S/c1-4-6-5(9-8-4)2-3-7-6/h2-3,7H,1H3. The maximum Gasteiger partial charge on any atom is 0.0797 e. The Labute approximate surface area is 56.7 Å². The van der Waals surface area contributed by atoms with E-state index in [1.54, 1.807) is 0 Å². The summed E-state index contributed by atoms with van der Waals surface area (Å²) in [5.41, 5.74) is 2.28. The summed E-state index contributed by atoms with van der Waals surface area (Å²) in [7, 11) is 0. The van der Waals surface area contributed by atoms with Gasteiger partial charge in [0.25, 0.3) is 0 Å². The van der Waals surface area contributed by atoms with Gasteiger partial charge in [-0.25, -0.2) is 0 Å². The maximum absolute atomic E-state index is 4.17. The first kappa shape index (κ1) is 4.99. The van der Waals surface area contributed by atoms with E-state index in [1.165, 1.54) is 21.7 Å². The number of H-pyrrole nitrogens is 1. The fourth-order valence-corrected chi connectivity index (χ4v) is 1.63. The van der Waals surface area contributed by atoms with Crippen molar-refractivity contribution >= 4 is 21.7 Å². The molecule has 46 valence electrons. The molecule has 0 fully saturated rings. The van der Waals surface area contributed by atoms with E-state index in [-0.39, 0.29) is 0 Å². The lowest BCUT2D eigenvalue weighted by Gasteiger charge is -1.75. The second-order valence-corrected chi connectivity index (χ2v) is 2.79. The van der Waals surface area contributed by atoms with Gasteiger partial charge in [-0.05, 0) is 24.5 Å². The number of rotatable bonds is 0. The van der Waals surface area contributed by atoms with Crippen molar-refractivity contribution < 1.29 is 0 Å². The van der Waals surface area contributed by atoms with Crippen molar-refractivity contribution in [1.29, 1.82) is 0 Å². The van der Waals surface area contributed by atoms with Crippen LogP contribution in [-0.4, -0.2) is 9.36 Å². The molecule has 0 aliphatic heterocycles. The summed E-state index contributed by atoms with van der Waals surface area (Å²) in [4.78, 5) is 3.12. The Morgan fingerprint density at radius 2 is 2.56 bits per heavy atom. The van der Waals surface area contributed by atoms with Crippen LogP contribution in [0.2, 0.25) is 0 Å². The smallest absolute Gasteiger partial charge is 0.0797 e. The molecule has 0 radical (unpaired) electrons. The molecule has 0 aliphatic carbocycles. The van der Waals surface area contributed by atoms with Crippen LogP contribution in [0.1, 0.15) is 5.69 Å². The molecule has 2 nitrogen and oxygen atoms in total. The molecular weight excluding hydrogens is 132 g/mol. The summed E-state index contributed by atoms with van der Waals surface area (Å²) in [5.74, 6) is 0. The van der Waals surface area contributed by atoms with Crippen molar-refractivity contribution in [2.45, 2.75) is 6.92 Å². The lowest BCUT2D eigenvalue weighted by atomic mass is 10.4. The second-order valence-electron chi connectivity index (χ2n) is 1.98. The number of aryl methyl sites for hydroxylation is 1. The van der Waals surface area contributed by atoms with E-state index in [0.717, 1.165) is 5.69 Å². The molecule has 0 aliphatic rings. The summed E-state index contributed by atoms with van der Waals surface area (Å²) in [6, 6.07) is 2.04. The molecule has 0 amide bonds. The first-order valence-electron chi connectivity index (χ1n) is 2.77. The molecule has 3 heteroatoms. The molecule has 1 N–H and O–H groups in total. The van der Waals surface area contributed by atoms with E-state index in [1.807, 2.05) is 19.2 Å². The van der Waals surface area contributed by atoms with Crippen molar-refractivity contribution in [3.05, 3.63) is 18.0 Å². The van der Waals surface area contributed by atoms with E-state index in [9.17, 15) is 0 Å². The van der Waals surface area contributed by atoms with Gasteiger partial charge in [0.2, 0.25) is 0 Å². The highest BCUT2D eigenvalue weighted by Crippen LogP contribution is 2.19.